The van der Waals surface area contributed by atoms with Crippen LogP contribution in [0.25, 0.3) is 10.8 Å². The summed E-state index contributed by atoms with van der Waals surface area (Å²) >= 11 is 0. The van der Waals surface area contributed by atoms with Crippen molar-refractivity contribution in [3.63, 3.8) is 0 Å². The number of hydrazone groups is 1. The summed E-state index contributed by atoms with van der Waals surface area (Å²) in [5.74, 6) is -0.219. The van der Waals surface area contributed by atoms with Gasteiger partial charge in [0.1, 0.15) is 0 Å². The maximum atomic E-state index is 12.3. The maximum Gasteiger partial charge on any atom is 0.271 e. The topological polar surface area (TPSA) is 44.7 Å². The summed E-state index contributed by atoms with van der Waals surface area (Å²) in [6, 6.07) is 21.8. The smallest absolute Gasteiger partial charge is 0.271 e. The van der Waals surface area contributed by atoms with Crippen LogP contribution in [-0.4, -0.2) is 25.7 Å². The van der Waals surface area contributed by atoms with Crippen LogP contribution in [0.15, 0.2) is 71.8 Å². The van der Waals surface area contributed by atoms with Gasteiger partial charge in [-0.25, -0.2) is 5.43 Å². The summed E-state index contributed by atoms with van der Waals surface area (Å²) in [7, 11) is 3.89. The van der Waals surface area contributed by atoms with Crippen molar-refractivity contribution in [3.05, 3.63) is 77.9 Å². The molecule has 0 fully saturated rings. The summed E-state index contributed by atoms with van der Waals surface area (Å²) in [6.45, 7) is 1.89. The molecule has 0 spiro atoms. The quantitative estimate of drug-likeness (QED) is 0.579. The van der Waals surface area contributed by atoms with Crippen LogP contribution >= 0.6 is 0 Å². The van der Waals surface area contributed by atoms with Gasteiger partial charge >= 0.3 is 0 Å². The van der Waals surface area contributed by atoms with Crippen molar-refractivity contribution in [2.45, 2.75) is 6.92 Å². The average molecular weight is 331 g/mol. The van der Waals surface area contributed by atoms with Crippen molar-refractivity contribution in [1.29, 1.82) is 0 Å². The molecule has 0 unspecified atom stereocenters. The number of nitrogens with one attached hydrogen (secondary N) is 1. The Balaban J connectivity index is 1.78. The molecule has 1 amide bonds. The van der Waals surface area contributed by atoms with Gasteiger partial charge in [-0.2, -0.15) is 5.10 Å². The van der Waals surface area contributed by atoms with Gasteiger partial charge in [-0.1, -0.05) is 42.5 Å². The number of amides is 1. The number of hydrogen-bond donors (Lipinski definition) is 1. The van der Waals surface area contributed by atoms with E-state index in [0.717, 1.165) is 22.3 Å². The molecule has 0 heterocycles. The molecule has 25 heavy (non-hydrogen) atoms. The summed E-state index contributed by atoms with van der Waals surface area (Å²) in [6.07, 6.45) is 0. The molecule has 3 rings (SSSR count). The number of anilines is 1. The first-order valence-corrected chi connectivity index (χ1v) is 8.16. The second-order valence-corrected chi connectivity index (χ2v) is 6.14. The normalized spacial score (nSPS) is 11.4. The highest BCUT2D eigenvalue weighted by atomic mass is 16.2. The third-order valence-corrected chi connectivity index (χ3v) is 4.12. The van der Waals surface area contributed by atoms with Crippen LogP contribution in [0, 0.1) is 0 Å². The minimum Gasteiger partial charge on any atom is -0.378 e. The van der Waals surface area contributed by atoms with Crippen LogP contribution < -0.4 is 10.3 Å². The first kappa shape index (κ1) is 16.7. The molecule has 4 nitrogen and oxygen atoms in total. The van der Waals surface area contributed by atoms with Crippen molar-refractivity contribution < 1.29 is 4.79 Å². The Hall–Kier alpha value is -3.14. The Morgan fingerprint density at radius 1 is 0.880 bits per heavy atom. The molecule has 0 saturated carbocycles. The lowest BCUT2D eigenvalue weighted by atomic mass is 10.0. The van der Waals surface area contributed by atoms with Gasteiger partial charge in [0.15, 0.2) is 0 Å². The second kappa shape index (κ2) is 7.18. The predicted molar refractivity (Wildman–Crippen MR) is 104 cm³/mol. The van der Waals surface area contributed by atoms with Gasteiger partial charge in [0.2, 0.25) is 0 Å². The van der Waals surface area contributed by atoms with Crippen LogP contribution in [-0.2, 0) is 0 Å². The average Bonchev–Trinajstić information content (AvgIpc) is 2.65. The fourth-order valence-corrected chi connectivity index (χ4v) is 2.60. The van der Waals surface area contributed by atoms with Crippen LogP contribution in [0.5, 0.6) is 0 Å². The Labute approximate surface area is 147 Å². The Bertz CT molecular complexity index is 945. The van der Waals surface area contributed by atoms with Gasteiger partial charge in [-0.15, -0.1) is 0 Å². The zero-order valence-corrected chi connectivity index (χ0v) is 14.7. The van der Waals surface area contributed by atoms with Gasteiger partial charge < -0.3 is 4.90 Å². The highest BCUT2D eigenvalue weighted by Crippen LogP contribution is 2.16. The number of carbonyl (C=O) groups is 1. The molecule has 1 N–H and O–H groups in total. The largest absolute Gasteiger partial charge is 0.378 e. The highest BCUT2D eigenvalue weighted by molar-refractivity contribution is 6.03. The number of fused-ring (bicyclic) bond motifs is 1. The van der Waals surface area contributed by atoms with Crippen molar-refractivity contribution in [1.82, 2.24) is 5.43 Å². The minimum absolute atomic E-state index is 0.219. The lowest BCUT2D eigenvalue weighted by Crippen LogP contribution is -2.20. The SMILES string of the molecule is C/C(=N\NC(=O)c1cccc(N(C)C)c1)c1ccc2ccccc2c1. The van der Waals surface area contributed by atoms with Crippen LogP contribution in [0.3, 0.4) is 0 Å². The van der Waals surface area contributed by atoms with E-state index in [4.69, 9.17) is 0 Å². The molecular weight excluding hydrogens is 310 g/mol. The van der Waals surface area contributed by atoms with E-state index in [2.05, 4.69) is 34.8 Å². The fraction of sp³-hybridized carbons (Fsp3) is 0.143. The van der Waals surface area contributed by atoms with Crippen LogP contribution in [0.4, 0.5) is 5.69 Å². The van der Waals surface area contributed by atoms with Gasteiger partial charge in [0.25, 0.3) is 5.91 Å². The van der Waals surface area contributed by atoms with E-state index in [1.807, 2.05) is 62.3 Å². The molecular formula is C21H21N3O. The van der Waals surface area contributed by atoms with Gasteiger partial charge in [-0.05, 0) is 47.5 Å². The first-order valence-electron chi connectivity index (χ1n) is 8.16. The molecule has 4 heteroatoms. The van der Waals surface area contributed by atoms with Crippen LogP contribution in [0.1, 0.15) is 22.8 Å². The summed E-state index contributed by atoms with van der Waals surface area (Å²) in [5, 5.41) is 6.59. The van der Waals surface area contributed by atoms with E-state index < -0.39 is 0 Å². The van der Waals surface area contributed by atoms with Crippen molar-refractivity contribution >= 4 is 28.1 Å². The second-order valence-electron chi connectivity index (χ2n) is 6.14. The number of hydrogen-bond acceptors (Lipinski definition) is 3. The number of benzene rings is 3. The predicted octanol–water partition coefficient (Wildman–Crippen LogP) is 4.06. The molecule has 0 aliphatic heterocycles. The molecule has 0 aliphatic rings. The first-order chi connectivity index (χ1) is 12.0. The zero-order valence-electron chi connectivity index (χ0n) is 14.7. The van der Waals surface area contributed by atoms with E-state index in [1.165, 1.54) is 5.39 Å². The molecule has 3 aromatic carbocycles. The minimum atomic E-state index is -0.219. The standard InChI is InChI=1S/C21H21N3O/c1-15(17-12-11-16-7-4-5-8-18(16)13-17)22-23-21(25)19-9-6-10-20(14-19)24(2)3/h4-14H,1-3H3,(H,23,25)/b22-15+. The number of rotatable bonds is 4. The van der Waals surface area contributed by atoms with Gasteiger partial charge in [0, 0.05) is 25.3 Å². The molecule has 0 bridgehead atoms. The Morgan fingerprint density at radius 3 is 2.40 bits per heavy atom. The molecule has 126 valence electrons. The molecule has 0 aromatic heterocycles. The molecule has 0 saturated heterocycles. The van der Waals surface area contributed by atoms with Gasteiger partial charge in [-0.3, -0.25) is 4.79 Å². The van der Waals surface area contributed by atoms with E-state index in [-0.39, 0.29) is 5.91 Å². The molecule has 0 radical (unpaired) electrons. The summed E-state index contributed by atoms with van der Waals surface area (Å²) in [4.78, 5) is 14.3. The highest BCUT2D eigenvalue weighted by Gasteiger charge is 2.07. The van der Waals surface area contributed by atoms with E-state index in [1.54, 1.807) is 6.07 Å². The summed E-state index contributed by atoms with van der Waals surface area (Å²) in [5.41, 5.74) is 5.95. The lowest BCUT2D eigenvalue weighted by molar-refractivity contribution is 0.0955. The van der Waals surface area contributed by atoms with Gasteiger partial charge in [0.05, 0.1) is 5.71 Å². The van der Waals surface area contributed by atoms with Crippen molar-refractivity contribution in [2.75, 3.05) is 19.0 Å². The monoisotopic (exact) mass is 331 g/mol. The zero-order chi connectivity index (χ0) is 17.8. The molecule has 0 atom stereocenters. The van der Waals surface area contributed by atoms with Crippen LogP contribution in [0.2, 0.25) is 0 Å². The van der Waals surface area contributed by atoms with Crippen molar-refractivity contribution in [3.8, 4) is 0 Å². The molecule has 0 aliphatic carbocycles. The summed E-state index contributed by atoms with van der Waals surface area (Å²) < 4.78 is 0. The Kier molecular flexibility index (Phi) is 4.80. The van der Waals surface area contributed by atoms with E-state index >= 15 is 0 Å². The third kappa shape index (κ3) is 3.86. The Morgan fingerprint density at radius 2 is 1.64 bits per heavy atom. The van der Waals surface area contributed by atoms with Crippen molar-refractivity contribution in [2.24, 2.45) is 5.10 Å². The van der Waals surface area contributed by atoms with E-state index in [9.17, 15) is 4.79 Å². The third-order valence-electron chi connectivity index (χ3n) is 4.12. The number of carbonyl (C=O) groups excluding carboxylic acids is 1. The maximum absolute atomic E-state index is 12.3. The fourth-order valence-electron chi connectivity index (χ4n) is 2.60. The number of nitrogens with zero attached hydrogens (tertiary/aromatic N) is 2. The molecule has 3 aromatic rings. The lowest BCUT2D eigenvalue weighted by Gasteiger charge is -2.13. The van der Waals surface area contributed by atoms with E-state index in [0.29, 0.717) is 5.56 Å².